The highest BCUT2D eigenvalue weighted by atomic mass is 16.2. The molecule has 3 aromatic rings. The molecule has 1 aromatic heterocycles. The van der Waals surface area contributed by atoms with Gasteiger partial charge >= 0.3 is 0 Å². The Labute approximate surface area is 158 Å². The molecule has 4 nitrogen and oxygen atoms in total. The average molecular weight is 355 g/mol. The fourth-order valence-electron chi connectivity index (χ4n) is 2.99. The van der Waals surface area contributed by atoms with Gasteiger partial charge in [-0.2, -0.15) is 5.10 Å². The Morgan fingerprint density at radius 1 is 1.11 bits per heavy atom. The number of rotatable bonds is 5. The fraction of sp³-hybridized carbons (Fsp3) is 0.174. The van der Waals surface area contributed by atoms with Crippen LogP contribution in [0.2, 0.25) is 0 Å². The summed E-state index contributed by atoms with van der Waals surface area (Å²) in [7, 11) is 0. The number of para-hydroxylation sites is 1. The maximum atomic E-state index is 12.8. The van der Waals surface area contributed by atoms with Gasteiger partial charge < -0.3 is 0 Å². The molecule has 1 aliphatic rings. The first-order valence-corrected chi connectivity index (χ1v) is 9.18. The van der Waals surface area contributed by atoms with Crippen LogP contribution >= 0.6 is 0 Å². The summed E-state index contributed by atoms with van der Waals surface area (Å²) in [6.45, 7) is 1.86. The number of amides is 1. The van der Waals surface area contributed by atoms with Gasteiger partial charge in [-0.05, 0) is 43.5 Å². The molecule has 27 heavy (non-hydrogen) atoms. The third kappa shape index (κ3) is 4.11. The number of nitrogens with one attached hydrogen (secondary N) is 1. The second-order valence-electron chi connectivity index (χ2n) is 6.82. The van der Waals surface area contributed by atoms with Gasteiger partial charge in [-0.15, -0.1) is 0 Å². The third-order valence-corrected chi connectivity index (χ3v) is 4.63. The molecule has 4 rings (SSSR count). The van der Waals surface area contributed by atoms with Gasteiger partial charge in [0.1, 0.15) is 0 Å². The van der Waals surface area contributed by atoms with Crippen LogP contribution in [0.4, 0.5) is 0 Å². The van der Waals surface area contributed by atoms with E-state index in [2.05, 4.69) is 10.5 Å². The summed E-state index contributed by atoms with van der Waals surface area (Å²) in [5.74, 6) is 0.281. The summed E-state index contributed by atoms with van der Waals surface area (Å²) in [4.78, 5) is 17.5. The summed E-state index contributed by atoms with van der Waals surface area (Å²) in [6.07, 6.45) is 6.15. The minimum atomic E-state index is -0.206. The Hall–Kier alpha value is -3.27. The van der Waals surface area contributed by atoms with Crippen LogP contribution in [0.5, 0.6) is 0 Å². The quantitative estimate of drug-likeness (QED) is 0.521. The van der Waals surface area contributed by atoms with E-state index in [1.807, 2.05) is 79.7 Å². The van der Waals surface area contributed by atoms with Gasteiger partial charge in [0.25, 0.3) is 5.91 Å². The molecule has 0 unspecified atom stereocenters. The number of fused-ring (bicyclic) bond motifs is 1. The number of benzene rings is 2. The fourth-order valence-corrected chi connectivity index (χ4v) is 2.99. The molecule has 1 amide bonds. The highest BCUT2D eigenvalue weighted by molar-refractivity contribution is 6.07. The Kier molecular flexibility index (Phi) is 4.79. The van der Waals surface area contributed by atoms with E-state index in [9.17, 15) is 4.79 Å². The van der Waals surface area contributed by atoms with Crippen LogP contribution < -0.4 is 5.43 Å². The molecule has 0 spiro atoms. The minimum absolute atomic E-state index is 0.206. The number of carbonyl (C=O) groups excluding carboxylic acids is 1. The molecule has 0 bridgehead atoms. The molecule has 0 atom stereocenters. The van der Waals surface area contributed by atoms with Gasteiger partial charge in [0.05, 0.1) is 16.8 Å². The van der Waals surface area contributed by atoms with E-state index in [0.717, 1.165) is 40.7 Å². The van der Waals surface area contributed by atoms with Crippen molar-refractivity contribution in [2.75, 3.05) is 0 Å². The lowest BCUT2D eigenvalue weighted by atomic mass is 10.1. The van der Waals surface area contributed by atoms with Gasteiger partial charge in [0, 0.05) is 17.0 Å². The molecule has 2 aromatic carbocycles. The van der Waals surface area contributed by atoms with Crippen LogP contribution in [0.25, 0.3) is 17.0 Å². The number of nitrogens with zero attached hydrogens (tertiary/aromatic N) is 2. The summed E-state index contributed by atoms with van der Waals surface area (Å²) >= 11 is 0. The molecule has 1 N–H and O–H groups in total. The Morgan fingerprint density at radius 3 is 2.63 bits per heavy atom. The van der Waals surface area contributed by atoms with Gasteiger partial charge in [-0.3, -0.25) is 9.78 Å². The lowest BCUT2D eigenvalue weighted by molar-refractivity contribution is 0.0956. The number of hydrogen-bond donors (Lipinski definition) is 1. The number of carbonyl (C=O) groups is 1. The largest absolute Gasteiger partial charge is 0.272 e. The molecule has 0 saturated heterocycles. The van der Waals surface area contributed by atoms with Crippen LogP contribution in [0, 0.1) is 0 Å². The molecular weight excluding hydrogens is 334 g/mol. The van der Waals surface area contributed by atoms with E-state index < -0.39 is 0 Å². The van der Waals surface area contributed by atoms with Crippen LogP contribution in [0.15, 0.2) is 71.8 Å². The topological polar surface area (TPSA) is 54.4 Å². The first-order chi connectivity index (χ1) is 13.2. The number of aromatic nitrogens is 1. The first kappa shape index (κ1) is 17.2. The Balaban J connectivity index is 1.55. The smallest absolute Gasteiger partial charge is 0.267 e. The van der Waals surface area contributed by atoms with Crippen molar-refractivity contribution in [2.24, 2.45) is 5.10 Å². The predicted molar refractivity (Wildman–Crippen MR) is 110 cm³/mol. The predicted octanol–water partition coefficient (Wildman–Crippen LogP) is 4.93. The summed E-state index contributed by atoms with van der Waals surface area (Å²) in [5.41, 5.74) is 7.00. The molecular formula is C23H21N3O. The van der Waals surface area contributed by atoms with Crippen molar-refractivity contribution in [3.8, 4) is 0 Å². The normalized spacial score (nSPS) is 14.6. The summed E-state index contributed by atoms with van der Waals surface area (Å²) < 4.78 is 0. The maximum Gasteiger partial charge on any atom is 0.272 e. The molecule has 4 heteroatoms. The van der Waals surface area contributed by atoms with Crippen molar-refractivity contribution in [3.63, 3.8) is 0 Å². The van der Waals surface area contributed by atoms with Gasteiger partial charge in [0.15, 0.2) is 0 Å². The van der Waals surface area contributed by atoms with Crippen molar-refractivity contribution in [2.45, 2.75) is 25.7 Å². The Morgan fingerprint density at radius 2 is 1.85 bits per heavy atom. The first-order valence-electron chi connectivity index (χ1n) is 9.18. The van der Waals surface area contributed by atoms with E-state index in [-0.39, 0.29) is 5.91 Å². The minimum Gasteiger partial charge on any atom is -0.267 e. The highest BCUT2D eigenvalue weighted by Gasteiger charge is 2.26. The number of hydrazone groups is 1. The SMILES string of the molecule is CC(C=Cc1ccccc1)=NNC(=O)c1cc(C2CC2)nc2ccccc12. The van der Waals surface area contributed by atoms with E-state index in [1.54, 1.807) is 0 Å². The molecule has 1 fully saturated rings. The van der Waals surface area contributed by atoms with Crippen molar-refractivity contribution in [1.82, 2.24) is 10.4 Å². The Bertz CT molecular complexity index is 1030. The van der Waals surface area contributed by atoms with Crippen molar-refractivity contribution in [3.05, 3.63) is 83.6 Å². The standard InChI is InChI=1S/C23H21N3O/c1-16(11-12-17-7-3-2-4-8-17)25-26-23(27)20-15-22(18-13-14-18)24-21-10-6-5-9-19(20)21/h2-12,15,18H,13-14H2,1H3,(H,26,27). The zero-order valence-electron chi connectivity index (χ0n) is 15.2. The lowest BCUT2D eigenvalue weighted by Gasteiger charge is -2.08. The molecule has 1 saturated carbocycles. The second kappa shape index (κ2) is 7.54. The van der Waals surface area contributed by atoms with E-state index in [0.29, 0.717) is 11.5 Å². The summed E-state index contributed by atoms with van der Waals surface area (Å²) in [5, 5.41) is 5.08. The number of allylic oxidation sites excluding steroid dienone is 1. The molecule has 0 aliphatic heterocycles. The van der Waals surface area contributed by atoms with Crippen LogP contribution in [0.3, 0.4) is 0 Å². The van der Waals surface area contributed by atoms with Gasteiger partial charge in [-0.25, -0.2) is 5.43 Å². The average Bonchev–Trinajstić information content (AvgIpc) is 3.56. The zero-order valence-corrected chi connectivity index (χ0v) is 15.2. The van der Waals surface area contributed by atoms with Gasteiger partial charge in [0.2, 0.25) is 0 Å². The summed E-state index contributed by atoms with van der Waals surface area (Å²) in [6, 6.07) is 19.7. The molecule has 134 valence electrons. The number of pyridine rings is 1. The van der Waals surface area contributed by atoms with Crippen molar-refractivity contribution >= 4 is 28.6 Å². The maximum absolute atomic E-state index is 12.8. The van der Waals surface area contributed by atoms with E-state index >= 15 is 0 Å². The van der Waals surface area contributed by atoms with Crippen molar-refractivity contribution < 1.29 is 4.79 Å². The third-order valence-electron chi connectivity index (χ3n) is 4.63. The second-order valence-corrected chi connectivity index (χ2v) is 6.82. The molecule has 0 radical (unpaired) electrons. The van der Waals surface area contributed by atoms with Crippen LogP contribution in [-0.4, -0.2) is 16.6 Å². The van der Waals surface area contributed by atoms with Crippen LogP contribution in [-0.2, 0) is 0 Å². The van der Waals surface area contributed by atoms with Crippen LogP contribution in [0.1, 0.15) is 47.3 Å². The highest BCUT2D eigenvalue weighted by Crippen LogP contribution is 2.40. The number of hydrogen-bond acceptors (Lipinski definition) is 3. The zero-order chi connectivity index (χ0) is 18.6. The molecule has 1 aliphatic carbocycles. The van der Waals surface area contributed by atoms with E-state index in [1.165, 1.54) is 0 Å². The molecule has 1 heterocycles. The van der Waals surface area contributed by atoms with Crippen molar-refractivity contribution in [1.29, 1.82) is 0 Å². The lowest BCUT2D eigenvalue weighted by Crippen LogP contribution is -2.19. The monoisotopic (exact) mass is 355 g/mol. The van der Waals surface area contributed by atoms with E-state index in [4.69, 9.17) is 4.98 Å². The van der Waals surface area contributed by atoms with Gasteiger partial charge in [-0.1, -0.05) is 54.6 Å².